The predicted octanol–water partition coefficient (Wildman–Crippen LogP) is 5.31. The summed E-state index contributed by atoms with van der Waals surface area (Å²) < 4.78 is 15.8. The van der Waals surface area contributed by atoms with Gasteiger partial charge in [0, 0.05) is 14.9 Å². The molecule has 1 heterocycles. The molecule has 2 rings (SSSR count). The first-order valence-corrected chi connectivity index (χ1v) is 7.96. The quantitative estimate of drug-likeness (QED) is 0.777. The number of hydrogen-bond donors (Lipinski definition) is 1. The number of thiophene rings is 1. The van der Waals surface area contributed by atoms with Crippen molar-refractivity contribution >= 4 is 38.9 Å². The van der Waals surface area contributed by atoms with Gasteiger partial charge in [-0.2, -0.15) is 0 Å². The summed E-state index contributed by atoms with van der Waals surface area (Å²) in [5.74, 6) is -0.158. The Balaban J connectivity index is 2.48. The second kappa shape index (κ2) is 6.35. The lowest BCUT2D eigenvalue weighted by Crippen LogP contribution is -2.22. The lowest BCUT2D eigenvalue weighted by atomic mass is 10.0. The van der Waals surface area contributed by atoms with Gasteiger partial charge in [0.05, 0.1) is 6.04 Å². The summed E-state index contributed by atoms with van der Waals surface area (Å²) >= 11 is 10.9. The van der Waals surface area contributed by atoms with Crippen LogP contribution in [0, 0.1) is 12.7 Å². The van der Waals surface area contributed by atoms with Gasteiger partial charge in [0.1, 0.15) is 10.2 Å². The third-order valence-corrected chi connectivity index (χ3v) is 5.43. The molecule has 0 aliphatic rings. The van der Waals surface area contributed by atoms with E-state index in [2.05, 4.69) is 21.2 Å². The van der Waals surface area contributed by atoms with E-state index in [-0.39, 0.29) is 11.9 Å². The van der Waals surface area contributed by atoms with Gasteiger partial charge in [-0.15, -0.1) is 11.3 Å². The van der Waals surface area contributed by atoms with E-state index in [1.807, 2.05) is 25.1 Å². The van der Waals surface area contributed by atoms with Gasteiger partial charge in [-0.1, -0.05) is 36.7 Å². The monoisotopic (exact) mass is 361 g/mol. The van der Waals surface area contributed by atoms with Gasteiger partial charge in [0.2, 0.25) is 0 Å². The van der Waals surface area contributed by atoms with E-state index in [4.69, 9.17) is 11.6 Å². The minimum atomic E-state index is -0.168. The lowest BCUT2D eigenvalue weighted by Gasteiger charge is -2.18. The van der Waals surface area contributed by atoms with Crippen molar-refractivity contribution in [2.75, 3.05) is 6.54 Å². The van der Waals surface area contributed by atoms with Crippen LogP contribution in [0.4, 0.5) is 4.39 Å². The van der Waals surface area contributed by atoms with Crippen molar-refractivity contribution in [1.29, 1.82) is 0 Å². The maximum absolute atomic E-state index is 14.3. The van der Waals surface area contributed by atoms with Gasteiger partial charge in [0.15, 0.2) is 0 Å². The van der Waals surface area contributed by atoms with E-state index in [0.29, 0.717) is 15.5 Å². The Morgan fingerprint density at radius 3 is 2.79 bits per heavy atom. The van der Waals surface area contributed by atoms with Crippen LogP contribution in [0.5, 0.6) is 0 Å². The first-order chi connectivity index (χ1) is 9.04. The molecule has 0 spiro atoms. The topological polar surface area (TPSA) is 12.0 Å². The molecule has 0 saturated heterocycles. The van der Waals surface area contributed by atoms with Crippen LogP contribution >= 0.6 is 38.9 Å². The van der Waals surface area contributed by atoms with Crippen LogP contribution in [-0.4, -0.2) is 6.54 Å². The van der Waals surface area contributed by atoms with Crippen molar-refractivity contribution in [2.45, 2.75) is 19.9 Å². The molecule has 102 valence electrons. The standard InChI is InChI=1S/C14H14BrClFNS/c1-3-18-13(11-7-10(15)14(16)19-11)9-6-4-5-8(2)12(9)17/h4-7,13,18H,3H2,1-2H3. The highest BCUT2D eigenvalue weighted by atomic mass is 79.9. The van der Waals surface area contributed by atoms with Crippen LogP contribution in [0.25, 0.3) is 0 Å². The fraction of sp³-hybridized carbons (Fsp3) is 0.286. The maximum Gasteiger partial charge on any atom is 0.131 e. The lowest BCUT2D eigenvalue weighted by molar-refractivity contribution is 0.557. The molecule has 1 unspecified atom stereocenters. The van der Waals surface area contributed by atoms with Crippen LogP contribution in [0.2, 0.25) is 4.34 Å². The Kier molecular flexibility index (Phi) is 5.01. The minimum absolute atomic E-state index is 0.158. The van der Waals surface area contributed by atoms with Gasteiger partial charge >= 0.3 is 0 Å². The van der Waals surface area contributed by atoms with E-state index >= 15 is 0 Å². The largest absolute Gasteiger partial charge is 0.306 e. The number of halogens is 3. The second-order valence-corrected chi connectivity index (χ2v) is 6.78. The van der Waals surface area contributed by atoms with Crippen LogP contribution in [0.1, 0.15) is 29.0 Å². The van der Waals surface area contributed by atoms with Crippen molar-refractivity contribution in [3.05, 3.63) is 54.9 Å². The molecule has 0 radical (unpaired) electrons. The summed E-state index contributed by atoms with van der Waals surface area (Å²) in [5, 5.41) is 3.31. The third kappa shape index (κ3) is 3.19. The highest BCUT2D eigenvalue weighted by molar-refractivity contribution is 9.10. The van der Waals surface area contributed by atoms with Gasteiger partial charge in [-0.25, -0.2) is 4.39 Å². The van der Waals surface area contributed by atoms with Gasteiger partial charge in [-0.3, -0.25) is 0 Å². The van der Waals surface area contributed by atoms with Crippen molar-refractivity contribution in [1.82, 2.24) is 5.32 Å². The summed E-state index contributed by atoms with van der Waals surface area (Å²) in [6.07, 6.45) is 0. The molecule has 1 atom stereocenters. The SMILES string of the molecule is CCNC(c1cc(Br)c(Cl)s1)c1cccc(C)c1F. The fourth-order valence-electron chi connectivity index (χ4n) is 1.97. The molecule has 19 heavy (non-hydrogen) atoms. The molecule has 1 N–H and O–H groups in total. The molecule has 1 nitrogen and oxygen atoms in total. The highest BCUT2D eigenvalue weighted by Crippen LogP contribution is 2.38. The van der Waals surface area contributed by atoms with E-state index in [1.54, 1.807) is 13.0 Å². The van der Waals surface area contributed by atoms with Crippen molar-refractivity contribution in [3.8, 4) is 0 Å². The Morgan fingerprint density at radius 1 is 1.47 bits per heavy atom. The first kappa shape index (κ1) is 15.0. The van der Waals surface area contributed by atoms with Crippen LogP contribution in [-0.2, 0) is 0 Å². The molecule has 0 aliphatic carbocycles. The summed E-state index contributed by atoms with van der Waals surface area (Å²) in [6.45, 7) is 4.54. The smallest absolute Gasteiger partial charge is 0.131 e. The zero-order chi connectivity index (χ0) is 14.0. The van der Waals surface area contributed by atoms with Crippen LogP contribution in [0.3, 0.4) is 0 Å². The number of hydrogen-bond acceptors (Lipinski definition) is 2. The molecular formula is C14H14BrClFNS. The number of rotatable bonds is 4. The summed E-state index contributed by atoms with van der Waals surface area (Å²) in [7, 11) is 0. The van der Waals surface area contributed by atoms with E-state index in [9.17, 15) is 4.39 Å². The molecule has 1 aromatic heterocycles. The molecular weight excluding hydrogens is 349 g/mol. The zero-order valence-corrected chi connectivity index (χ0v) is 13.8. The highest BCUT2D eigenvalue weighted by Gasteiger charge is 2.20. The summed E-state index contributed by atoms with van der Waals surface area (Å²) in [5.41, 5.74) is 1.31. The molecule has 5 heteroatoms. The van der Waals surface area contributed by atoms with E-state index in [1.165, 1.54) is 11.3 Å². The first-order valence-electron chi connectivity index (χ1n) is 5.97. The zero-order valence-electron chi connectivity index (χ0n) is 10.6. The normalized spacial score (nSPS) is 12.7. The molecule has 0 aliphatic heterocycles. The Morgan fingerprint density at radius 2 is 2.21 bits per heavy atom. The summed E-state index contributed by atoms with van der Waals surface area (Å²) in [6, 6.07) is 7.25. The molecule has 0 saturated carbocycles. The maximum atomic E-state index is 14.3. The summed E-state index contributed by atoms with van der Waals surface area (Å²) in [4.78, 5) is 1.00. The molecule has 0 amide bonds. The Bertz CT molecular complexity index is 565. The predicted molar refractivity (Wildman–Crippen MR) is 83.7 cm³/mol. The number of nitrogens with one attached hydrogen (secondary N) is 1. The average Bonchev–Trinajstić information content (AvgIpc) is 2.70. The Hall–Kier alpha value is -0.420. The number of benzene rings is 1. The van der Waals surface area contributed by atoms with Crippen molar-refractivity contribution in [2.24, 2.45) is 0 Å². The molecule has 1 aromatic carbocycles. The number of aryl methyl sites for hydroxylation is 1. The molecule has 2 aromatic rings. The van der Waals surface area contributed by atoms with E-state index < -0.39 is 0 Å². The van der Waals surface area contributed by atoms with Gasteiger partial charge in [-0.05, 0) is 41.0 Å². The molecule has 0 bridgehead atoms. The van der Waals surface area contributed by atoms with Crippen molar-refractivity contribution in [3.63, 3.8) is 0 Å². The third-order valence-electron chi connectivity index (χ3n) is 2.89. The fourth-order valence-corrected chi connectivity index (χ4v) is 3.80. The van der Waals surface area contributed by atoms with Gasteiger partial charge in [0.25, 0.3) is 0 Å². The average molecular weight is 363 g/mol. The minimum Gasteiger partial charge on any atom is -0.306 e. The van der Waals surface area contributed by atoms with Crippen LogP contribution < -0.4 is 5.32 Å². The van der Waals surface area contributed by atoms with Gasteiger partial charge < -0.3 is 5.32 Å². The van der Waals surface area contributed by atoms with E-state index in [0.717, 1.165) is 15.9 Å². The van der Waals surface area contributed by atoms with Crippen molar-refractivity contribution < 1.29 is 4.39 Å². The Labute approximate surface area is 129 Å². The van der Waals surface area contributed by atoms with Crippen LogP contribution in [0.15, 0.2) is 28.7 Å². The second-order valence-electron chi connectivity index (χ2n) is 4.24. The molecule has 0 fully saturated rings.